The normalized spacial score (nSPS) is 30.8. The van der Waals surface area contributed by atoms with Gasteiger partial charge in [0.25, 0.3) is 0 Å². The number of phenolic OH excluding ortho intramolecular Hbond substituents is 4. The fourth-order valence-corrected chi connectivity index (χ4v) is 6.20. The molecule has 2 aliphatic carbocycles. The SMILES string of the molecule is CC[C@@]1(O)C[C@H](OC2CC(N)C(O)C(C)O2)c2c(O)c3c(c(O)c2[C@H]1C(=O)OC)C(=O)c1c(O)ccc(O)c1C3=O. The molecule has 8 N–H and O–H groups in total. The number of hydrogen-bond donors (Lipinski definition) is 7. The molecule has 0 spiro atoms. The molecule has 13 nitrogen and oxygen atoms in total. The first-order valence-corrected chi connectivity index (χ1v) is 13.1. The summed E-state index contributed by atoms with van der Waals surface area (Å²) in [5.41, 5.74) is 0.864. The van der Waals surface area contributed by atoms with Crippen molar-refractivity contribution in [2.24, 2.45) is 5.73 Å². The van der Waals surface area contributed by atoms with E-state index in [9.17, 15) is 45.0 Å². The van der Waals surface area contributed by atoms with Crippen molar-refractivity contribution in [2.75, 3.05) is 7.11 Å². The number of carbonyl (C=O) groups is 3. The summed E-state index contributed by atoms with van der Waals surface area (Å²) in [7, 11) is 1.06. The molecule has 0 saturated carbocycles. The second-order valence-electron chi connectivity index (χ2n) is 10.7. The molecule has 1 fully saturated rings. The van der Waals surface area contributed by atoms with E-state index < -0.39 is 111 Å². The average Bonchev–Trinajstić information content (AvgIpc) is 2.92. The number of aromatic hydroxyl groups is 4. The number of ether oxygens (including phenoxy) is 3. The minimum atomic E-state index is -1.93. The molecular formula is C28H31NO12. The van der Waals surface area contributed by atoms with Crippen molar-refractivity contribution in [3.05, 3.63) is 45.5 Å². The van der Waals surface area contributed by atoms with E-state index in [0.717, 1.165) is 19.2 Å². The smallest absolute Gasteiger partial charge is 0.316 e. The van der Waals surface area contributed by atoms with Gasteiger partial charge in [-0.3, -0.25) is 14.4 Å². The lowest BCUT2D eigenvalue weighted by atomic mass is 9.66. The molecule has 0 bridgehead atoms. The van der Waals surface area contributed by atoms with Gasteiger partial charge >= 0.3 is 5.97 Å². The minimum absolute atomic E-state index is 0.0119. The molecule has 5 rings (SSSR count). The number of esters is 1. The Labute approximate surface area is 233 Å². The molecule has 13 heteroatoms. The molecule has 0 aromatic heterocycles. The largest absolute Gasteiger partial charge is 0.507 e. The van der Waals surface area contributed by atoms with E-state index >= 15 is 0 Å². The zero-order chi connectivity index (χ0) is 30.1. The van der Waals surface area contributed by atoms with Crippen molar-refractivity contribution in [3.63, 3.8) is 0 Å². The van der Waals surface area contributed by atoms with E-state index in [2.05, 4.69) is 0 Å². The first kappa shape index (κ1) is 28.8. The molecule has 3 aliphatic rings. The van der Waals surface area contributed by atoms with E-state index in [1.165, 1.54) is 0 Å². The predicted molar refractivity (Wildman–Crippen MR) is 138 cm³/mol. The summed E-state index contributed by atoms with van der Waals surface area (Å²) in [6, 6.07) is 1.25. The number of nitrogens with two attached hydrogens (primary N) is 1. The van der Waals surface area contributed by atoms with Crippen LogP contribution < -0.4 is 5.73 Å². The Hall–Kier alpha value is -3.75. The van der Waals surface area contributed by atoms with Gasteiger partial charge in [-0.1, -0.05) is 6.92 Å². The fourth-order valence-electron chi connectivity index (χ4n) is 6.20. The molecule has 2 aromatic rings. The van der Waals surface area contributed by atoms with Crippen molar-refractivity contribution in [3.8, 4) is 23.0 Å². The number of rotatable bonds is 4. The minimum Gasteiger partial charge on any atom is -0.507 e. The highest BCUT2D eigenvalue weighted by Crippen LogP contribution is 2.57. The molecule has 220 valence electrons. The summed E-state index contributed by atoms with van der Waals surface area (Å²) in [5, 5.41) is 65.8. The van der Waals surface area contributed by atoms with Crippen LogP contribution in [-0.2, 0) is 19.0 Å². The number of ketones is 2. The number of benzene rings is 2. The van der Waals surface area contributed by atoms with Gasteiger partial charge in [-0.05, 0) is 25.5 Å². The van der Waals surface area contributed by atoms with E-state index in [1.54, 1.807) is 13.8 Å². The highest BCUT2D eigenvalue weighted by Gasteiger charge is 2.55. The first-order chi connectivity index (χ1) is 19.3. The van der Waals surface area contributed by atoms with E-state index in [4.69, 9.17) is 19.9 Å². The van der Waals surface area contributed by atoms with Crippen LogP contribution in [0.25, 0.3) is 0 Å². The fraction of sp³-hybridized carbons (Fsp3) is 0.464. The second kappa shape index (κ2) is 9.96. The molecule has 41 heavy (non-hydrogen) atoms. The van der Waals surface area contributed by atoms with Crippen molar-refractivity contribution < 1.29 is 59.2 Å². The van der Waals surface area contributed by atoms with Gasteiger partial charge in [-0.25, -0.2) is 0 Å². The van der Waals surface area contributed by atoms with Crippen LogP contribution in [0.5, 0.6) is 23.0 Å². The van der Waals surface area contributed by atoms with Gasteiger partial charge in [0.15, 0.2) is 6.29 Å². The number of methoxy groups -OCH3 is 1. The highest BCUT2D eigenvalue weighted by molar-refractivity contribution is 6.32. The Morgan fingerprint density at radius 2 is 1.56 bits per heavy atom. The molecule has 1 heterocycles. The monoisotopic (exact) mass is 573 g/mol. The molecule has 0 amide bonds. The van der Waals surface area contributed by atoms with Crippen molar-refractivity contribution in [1.82, 2.24) is 0 Å². The first-order valence-electron chi connectivity index (χ1n) is 13.1. The van der Waals surface area contributed by atoms with Crippen LogP contribution in [0.4, 0.5) is 0 Å². The van der Waals surface area contributed by atoms with Crippen molar-refractivity contribution >= 4 is 17.5 Å². The number of carbonyl (C=O) groups excluding carboxylic acids is 3. The number of fused-ring (bicyclic) bond motifs is 3. The van der Waals surface area contributed by atoms with Gasteiger partial charge in [-0.2, -0.15) is 0 Å². The van der Waals surface area contributed by atoms with Crippen LogP contribution >= 0.6 is 0 Å². The molecule has 1 saturated heterocycles. The lowest BCUT2D eigenvalue weighted by Crippen LogP contribution is -2.52. The number of aliphatic hydroxyl groups excluding tert-OH is 1. The maximum atomic E-state index is 13.6. The quantitative estimate of drug-likeness (QED) is 0.171. The molecule has 0 radical (unpaired) electrons. The van der Waals surface area contributed by atoms with Crippen LogP contribution in [0, 0.1) is 0 Å². The molecule has 2 aromatic carbocycles. The third-order valence-corrected chi connectivity index (χ3v) is 8.40. The molecule has 7 atom stereocenters. The molecule has 4 unspecified atom stereocenters. The Morgan fingerprint density at radius 3 is 2.05 bits per heavy atom. The number of aliphatic hydroxyl groups is 2. The van der Waals surface area contributed by atoms with E-state index in [0.29, 0.717) is 0 Å². The maximum Gasteiger partial charge on any atom is 0.316 e. The number of phenols is 4. The molecular weight excluding hydrogens is 542 g/mol. The van der Waals surface area contributed by atoms with E-state index in [1.807, 2.05) is 0 Å². The third-order valence-electron chi connectivity index (χ3n) is 8.40. The van der Waals surface area contributed by atoms with Gasteiger partial charge in [0, 0.05) is 30.0 Å². The van der Waals surface area contributed by atoms with Gasteiger partial charge in [0.2, 0.25) is 11.6 Å². The van der Waals surface area contributed by atoms with Crippen LogP contribution in [-0.4, -0.2) is 85.4 Å². The van der Waals surface area contributed by atoms with Crippen LogP contribution in [0.3, 0.4) is 0 Å². The lowest BCUT2D eigenvalue weighted by Gasteiger charge is -2.45. The topological polar surface area (TPSA) is 226 Å². The van der Waals surface area contributed by atoms with Crippen molar-refractivity contribution in [2.45, 2.75) is 75.3 Å². The van der Waals surface area contributed by atoms with Crippen molar-refractivity contribution in [1.29, 1.82) is 0 Å². The van der Waals surface area contributed by atoms with Gasteiger partial charge in [-0.15, -0.1) is 0 Å². The zero-order valence-electron chi connectivity index (χ0n) is 22.5. The third kappa shape index (κ3) is 4.15. The van der Waals surface area contributed by atoms with Gasteiger partial charge in [0.05, 0.1) is 53.3 Å². The summed E-state index contributed by atoms with van der Waals surface area (Å²) in [6.45, 7) is 3.15. The summed E-state index contributed by atoms with van der Waals surface area (Å²) >= 11 is 0. The van der Waals surface area contributed by atoms with E-state index in [-0.39, 0.29) is 24.8 Å². The summed E-state index contributed by atoms with van der Waals surface area (Å²) in [6.07, 6.45) is -4.48. The van der Waals surface area contributed by atoms with Crippen LogP contribution in [0.2, 0.25) is 0 Å². The Balaban J connectivity index is 1.77. The second-order valence-corrected chi connectivity index (χ2v) is 10.7. The van der Waals surface area contributed by atoms with Crippen LogP contribution in [0.1, 0.15) is 88.1 Å². The van der Waals surface area contributed by atoms with Gasteiger partial charge in [0.1, 0.15) is 28.9 Å². The van der Waals surface area contributed by atoms with Crippen LogP contribution in [0.15, 0.2) is 12.1 Å². The lowest BCUT2D eigenvalue weighted by molar-refractivity contribution is -0.249. The Kier molecular flexibility index (Phi) is 6.99. The number of hydrogen-bond acceptors (Lipinski definition) is 13. The summed E-state index contributed by atoms with van der Waals surface area (Å²) in [4.78, 5) is 40.3. The zero-order valence-corrected chi connectivity index (χ0v) is 22.5. The van der Waals surface area contributed by atoms with Gasteiger partial charge < -0.3 is 50.6 Å². The predicted octanol–water partition coefficient (Wildman–Crippen LogP) is 0.967. The summed E-state index contributed by atoms with van der Waals surface area (Å²) < 4.78 is 16.8. The average molecular weight is 574 g/mol. The highest BCUT2D eigenvalue weighted by atomic mass is 16.7. The Bertz CT molecular complexity index is 1460. The maximum absolute atomic E-state index is 13.6. The Morgan fingerprint density at radius 1 is 1.02 bits per heavy atom. The summed E-state index contributed by atoms with van der Waals surface area (Å²) in [5.74, 6) is -7.82. The molecule has 1 aliphatic heterocycles. The standard InChI is InChI=1S/C28H31NO12/c1-4-28(38)8-13(41-14-7-10(29)22(32)9(2)40-14)17-18(21(28)27(37)39-3)26(36)20-19(25(17)35)23(33)15-11(30)5-6-12(31)16(15)24(20)34/h5-6,9-10,13-14,21-22,30-32,35-36,38H,4,7-8,29H2,1-3H3/t9?,10?,13-,14?,21-,22?,28+/m0/s1.